The Kier molecular flexibility index (Phi) is 8.15. The zero-order valence-corrected chi connectivity index (χ0v) is 21.6. The van der Waals surface area contributed by atoms with Crippen molar-refractivity contribution in [1.82, 2.24) is 15.0 Å². The molecule has 1 aliphatic rings. The molecule has 5 atom stereocenters. The molecule has 40 heavy (non-hydrogen) atoms. The third kappa shape index (κ3) is 5.79. The van der Waals surface area contributed by atoms with E-state index in [0.717, 1.165) is 24.3 Å². The number of ether oxygens (including phenoxy) is 1. The Hall–Kier alpha value is -4.38. The van der Waals surface area contributed by atoms with E-state index in [9.17, 15) is 43.8 Å². The molecule has 0 unspecified atom stereocenters. The van der Waals surface area contributed by atoms with Crippen LogP contribution in [0.1, 0.15) is 13.0 Å². The molecule has 0 bridgehead atoms. The molecule has 212 valence electrons. The topological polar surface area (TPSA) is 227 Å². The number of aliphatic carboxylic acids is 1. The second-order valence-electron chi connectivity index (χ2n) is 8.99. The van der Waals surface area contributed by atoms with Crippen molar-refractivity contribution in [2.75, 3.05) is 11.3 Å². The molecule has 0 saturated carbocycles. The minimum absolute atomic E-state index is 0.133. The second kappa shape index (κ2) is 11.4. The molecule has 5 N–H and O–H groups in total. The molecule has 0 amide bonds. The van der Waals surface area contributed by atoms with Gasteiger partial charge >= 0.3 is 5.97 Å². The molecule has 0 spiro atoms. The highest BCUT2D eigenvalue weighted by molar-refractivity contribution is 7.92. The molecule has 0 saturated heterocycles. The number of carboxylic acids is 1. The summed E-state index contributed by atoms with van der Waals surface area (Å²) >= 11 is 0. The lowest BCUT2D eigenvalue weighted by Gasteiger charge is -2.37. The second-order valence-corrected chi connectivity index (χ2v) is 10.7. The van der Waals surface area contributed by atoms with Gasteiger partial charge in [-0.2, -0.15) is 0 Å². The summed E-state index contributed by atoms with van der Waals surface area (Å²) in [5.74, 6) is -2.56. The Morgan fingerprint density at radius 2 is 1.88 bits per heavy atom. The molecule has 1 aromatic heterocycles. The summed E-state index contributed by atoms with van der Waals surface area (Å²) in [6, 6.07) is 9.84. The van der Waals surface area contributed by atoms with Gasteiger partial charge in [-0.05, 0) is 24.3 Å². The van der Waals surface area contributed by atoms with Crippen LogP contribution in [-0.4, -0.2) is 79.6 Å². The van der Waals surface area contributed by atoms with Crippen LogP contribution in [0.25, 0.3) is 11.3 Å². The first kappa shape index (κ1) is 28.6. The number of nitrogens with one attached hydrogen (secondary N) is 1. The van der Waals surface area contributed by atoms with E-state index < -0.39 is 63.6 Å². The number of carbonyl (C=O) groups is 1. The number of anilines is 1. The van der Waals surface area contributed by atoms with E-state index in [1.165, 1.54) is 23.0 Å². The van der Waals surface area contributed by atoms with Gasteiger partial charge in [0.25, 0.3) is 15.7 Å². The largest absolute Gasteiger partial charge is 0.480 e. The minimum atomic E-state index is -4.14. The average molecular weight is 576 g/mol. The van der Waals surface area contributed by atoms with Crippen LogP contribution in [0.2, 0.25) is 0 Å². The van der Waals surface area contributed by atoms with Crippen molar-refractivity contribution in [2.45, 2.75) is 36.2 Å². The first-order valence-corrected chi connectivity index (χ1v) is 13.3. The van der Waals surface area contributed by atoms with E-state index in [2.05, 4.69) is 15.0 Å². The summed E-state index contributed by atoms with van der Waals surface area (Å²) in [4.78, 5) is 21.7. The molecule has 2 aromatic carbocycles. The van der Waals surface area contributed by atoms with Gasteiger partial charge in [0.05, 0.1) is 34.4 Å². The third-order valence-corrected chi connectivity index (χ3v) is 7.77. The Bertz CT molecular complexity index is 1540. The van der Waals surface area contributed by atoms with E-state index in [-0.39, 0.29) is 22.0 Å². The van der Waals surface area contributed by atoms with Crippen molar-refractivity contribution >= 4 is 27.4 Å². The molecule has 2 heterocycles. The summed E-state index contributed by atoms with van der Waals surface area (Å²) in [6.45, 7) is 0.857. The van der Waals surface area contributed by atoms with Crippen molar-refractivity contribution in [2.24, 2.45) is 5.92 Å². The zero-order chi connectivity index (χ0) is 29.2. The smallest absolute Gasteiger partial charge is 0.370 e. The van der Waals surface area contributed by atoms with Crippen LogP contribution in [0.4, 0.5) is 11.4 Å². The number of aromatic nitrogens is 3. The molecule has 0 radical (unpaired) electrons. The maximum atomic E-state index is 13.0. The maximum Gasteiger partial charge on any atom is 0.370 e. The van der Waals surface area contributed by atoms with Crippen molar-refractivity contribution in [3.63, 3.8) is 0 Å². The van der Waals surface area contributed by atoms with Gasteiger partial charge in [0.2, 0.25) is 5.76 Å². The van der Waals surface area contributed by atoms with Crippen molar-refractivity contribution in [1.29, 1.82) is 0 Å². The molecule has 4 rings (SSSR count). The van der Waals surface area contributed by atoms with Gasteiger partial charge < -0.3 is 25.2 Å². The number of nitro benzene ring substituents is 1. The van der Waals surface area contributed by atoms with E-state index >= 15 is 0 Å². The molecule has 0 aliphatic carbocycles. The maximum absolute atomic E-state index is 13.0. The van der Waals surface area contributed by atoms with Gasteiger partial charge in [0.15, 0.2) is 0 Å². The van der Waals surface area contributed by atoms with Gasteiger partial charge in [0, 0.05) is 23.6 Å². The van der Waals surface area contributed by atoms with Crippen LogP contribution in [0.5, 0.6) is 0 Å². The number of aliphatic hydroxyl groups is 3. The van der Waals surface area contributed by atoms with E-state index in [1.807, 2.05) is 0 Å². The molecule has 15 nitrogen and oxygen atoms in total. The minimum Gasteiger partial charge on any atom is -0.480 e. The monoisotopic (exact) mass is 575 g/mol. The van der Waals surface area contributed by atoms with Crippen LogP contribution in [0, 0.1) is 16.0 Å². The number of sulfonamides is 1. The van der Waals surface area contributed by atoms with Gasteiger partial charge in [-0.25, -0.2) is 17.9 Å². The van der Waals surface area contributed by atoms with Gasteiger partial charge in [0.1, 0.15) is 24.0 Å². The van der Waals surface area contributed by atoms with Crippen LogP contribution >= 0.6 is 0 Å². The number of allylic oxidation sites excluding steroid dienone is 1. The number of rotatable bonds is 10. The number of hydrogen-bond donors (Lipinski definition) is 5. The lowest BCUT2D eigenvalue weighted by atomic mass is 9.87. The average Bonchev–Trinajstić information content (AvgIpc) is 3.42. The highest BCUT2D eigenvalue weighted by Gasteiger charge is 2.41. The predicted octanol–water partition coefficient (Wildman–Crippen LogP) is 0.913. The first-order chi connectivity index (χ1) is 18.9. The van der Waals surface area contributed by atoms with E-state index in [4.69, 9.17) is 4.74 Å². The Balaban J connectivity index is 1.65. The normalized spacial score (nSPS) is 20.6. The summed E-state index contributed by atoms with van der Waals surface area (Å²) in [6.07, 6.45) is -1.68. The Labute approximate surface area is 227 Å². The summed E-state index contributed by atoms with van der Waals surface area (Å²) in [7, 11) is -4.14. The number of aliphatic hydroxyl groups excluding tert-OH is 3. The van der Waals surface area contributed by atoms with Crippen molar-refractivity contribution in [3.05, 3.63) is 76.7 Å². The SMILES string of the molecule is C[C@H]1[C@H]([C@H](O)[C@H](O)CO)OC(C(=O)O)=C[C@@H]1n1cc(-c2ccccc2NS(=O)(=O)c2ccc([N+](=O)[O-])cc2)nn1. The molecular formula is C24H25N5O10S. The van der Waals surface area contributed by atoms with E-state index in [1.54, 1.807) is 25.1 Å². The molecule has 16 heteroatoms. The molecule has 0 fully saturated rings. The quantitative estimate of drug-likeness (QED) is 0.168. The summed E-state index contributed by atoms with van der Waals surface area (Å²) in [5.41, 5.74) is 0.417. The van der Waals surface area contributed by atoms with Crippen LogP contribution in [0.3, 0.4) is 0 Å². The fraction of sp³-hybridized carbons (Fsp3) is 0.292. The lowest BCUT2D eigenvalue weighted by Crippen LogP contribution is -2.48. The summed E-state index contributed by atoms with van der Waals surface area (Å²) in [5, 5.41) is 58.2. The van der Waals surface area contributed by atoms with E-state index in [0.29, 0.717) is 5.56 Å². The predicted molar refractivity (Wildman–Crippen MR) is 137 cm³/mol. The zero-order valence-electron chi connectivity index (χ0n) is 20.8. The van der Waals surface area contributed by atoms with Crippen LogP contribution in [0.15, 0.2) is 71.5 Å². The number of carboxylic acid groups (broad SMARTS) is 1. The van der Waals surface area contributed by atoms with Gasteiger partial charge in [-0.15, -0.1) is 5.10 Å². The Morgan fingerprint density at radius 1 is 1.20 bits per heavy atom. The number of hydrogen-bond acceptors (Lipinski definition) is 11. The van der Waals surface area contributed by atoms with Crippen molar-refractivity contribution < 1.29 is 43.3 Å². The number of nitrogens with zero attached hydrogens (tertiary/aromatic N) is 4. The van der Waals surface area contributed by atoms with Crippen molar-refractivity contribution in [3.8, 4) is 11.3 Å². The third-order valence-electron chi connectivity index (χ3n) is 6.39. The number of nitro groups is 1. The first-order valence-electron chi connectivity index (χ1n) is 11.8. The van der Waals surface area contributed by atoms with Gasteiger partial charge in [-0.1, -0.05) is 30.3 Å². The lowest BCUT2D eigenvalue weighted by molar-refractivity contribution is -0.384. The fourth-order valence-electron chi connectivity index (χ4n) is 4.23. The molecular weight excluding hydrogens is 550 g/mol. The summed E-state index contributed by atoms with van der Waals surface area (Å²) < 4.78 is 35.1. The van der Waals surface area contributed by atoms with Gasteiger partial charge in [-0.3, -0.25) is 14.8 Å². The number of benzene rings is 2. The molecule has 3 aromatic rings. The number of para-hydroxylation sites is 1. The standard InChI is InChI=1S/C24H25N5O10S/c1-13-19(10-21(24(33)34)39-23(13)22(32)20(31)12-30)28-11-18(25-27-28)16-4-2-3-5-17(16)26-40(37,38)15-8-6-14(7-9-15)29(35)36/h2-11,13,19-20,22-23,26,30-32H,12H2,1H3,(H,33,34)/t13-,19+,20-,22-,23-/m1/s1. The fourth-order valence-corrected chi connectivity index (χ4v) is 5.31. The number of non-ortho nitro benzene ring substituents is 1. The highest BCUT2D eigenvalue weighted by Crippen LogP contribution is 2.35. The Morgan fingerprint density at radius 3 is 2.50 bits per heavy atom. The molecule has 1 aliphatic heterocycles. The highest BCUT2D eigenvalue weighted by atomic mass is 32.2. The van der Waals surface area contributed by atoms with Crippen LogP contribution < -0.4 is 4.72 Å². The van der Waals surface area contributed by atoms with Crippen LogP contribution in [-0.2, 0) is 19.6 Å².